The van der Waals surface area contributed by atoms with E-state index >= 15 is 0 Å². The first kappa shape index (κ1) is 20.6. The summed E-state index contributed by atoms with van der Waals surface area (Å²) in [5, 5.41) is 2.11. The number of fused-ring (bicyclic) bond motifs is 2. The van der Waals surface area contributed by atoms with Gasteiger partial charge in [0.15, 0.2) is 6.61 Å². The second-order valence-corrected chi connectivity index (χ2v) is 8.77. The van der Waals surface area contributed by atoms with Crippen LogP contribution in [0.1, 0.15) is 47.3 Å². The van der Waals surface area contributed by atoms with Gasteiger partial charge in [-0.25, -0.2) is 0 Å². The molecule has 0 saturated carbocycles. The summed E-state index contributed by atoms with van der Waals surface area (Å²) in [6, 6.07) is 7.96. The number of ether oxygens (including phenoxy) is 2. The van der Waals surface area contributed by atoms with Gasteiger partial charge in [-0.15, -0.1) is 11.3 Å². The molecule has 4 rings (SSSR count). The van der Waals surface area contributed by atoms with E-state index in [1.807, 2.05) is 18.2 Å². The third-order valence-electron chi connectivity index (χ3n) is 5.77. The quantitative estimate of drug-likeness (QED) is 0.699. The van der Waals surface area contributed by atoms with Crippen molar-refractivity contribution in [2.75, 3.05) is 26.7 Å². The number of esters is 1. The molecule has 2 aliphatic heterocycles. The monoisotopic (exact) mass is 425 g/mol. The van der Waals surface area contributed by atoms with Crippen molar-refractivity contribution in [3.05, 3.63) is 56.8 Å². The van der Waals surface area contributed by atoms with E-state index in [2.05, 4.69) is 23.4 Å². The van der Waals surface area contributed by atoms with Gasteiger partial charge in [0.1, 0.15) is 12.4 Å². The van der Waals surface area contributed by atoms with Crippen molar-refractivity contribution in [2.45, 2.75) is 32.3 Å². The summed E-state index contributed by atoms with van der Waals surface area (Å²) >= 11 is 1.74. The van der Waals surface area contributed by atoms with Gasteiger partial charge < -0.3 is 14.4 Å². The fourth-order valence-corrected chi connectivity index (χ4v) is 4.99. The van der Waals surface area contributed by atoms with Crippen LogP contribution in [0, 0.1) is 0 Å². The molecular formula is C23H25N2O4S. The van der Waals surface area contributed by atoms with Gasteiger partial charge in [-0.3, -0.25) is 15.3 Å². The third kappa shape index (κ3) is 4.13. The van der Waals surface area contributed by atoms with Crippen LogP contribution in [0.2, 0.25) is 0 Å². The van der Waals surface area contributed by atoms with Gasteiger partial charge in [-0.05, 0) is 56.0 Å². The van der Waals surface area contributed by atoms with Gasteiger partial charge in [-0.2, -0.15) is 0 Å². The molecule has 1 unspecified atom stereocenters. The standard InChI is InChI=1S/C23H25N2O4S/c1-14(23(27)29-13-20(24)26)16-3-4-19-18(11-16)21(15-5-8-25(2)9-6-15)22-17(12-28-19)7-10-30-22/h3-4,7,10-11,14,24H,5-6,8-9,12-13H2,1-2H3. The van der Waals surface area contributed by atoms with Crippen LogP contribution in [0.3, 0.4) is 0 Å². The number of hydrogen-bond donors (Lipinski definition) is 0. The number of carbonyl (C=O) groups excluding carboxylic acids is 2. The second kappa shape index (κ2) is 8.62. The van der Waals surface area contributed by atoms with E-state index in [9.17, 15) is 9.59 Å². The minimum Gasteiger partial charge on any atom is -0.488 e. The first-order chi connectivity index (χ1) is 14.4. The fraction of sp³-hybridized carbons (Fsp3) is 0.391. The molecule has 0 aliphatic carbocycles. The Balaban J connectivity index is 1.75. The van der Waals surface area contributed by atoms with E-state index in [-0.39, 0.29) is 0 Å². The largest absolute Gasteiger partial charge is 0.488 e. The van der Waals surface area contributed by atoms with Crippen LogP contribution in [-0.4, -0.2) is 43.5 Å². The minimum atomic E-state index is -0.912. The predicted octanol–water partition coefficient (Wildman–Crippen LogP) is 3.62. The first-order valence-electron chi connectivity index (χ1n) is 10.1. The molecule has 30 heavy (non-hydrogen) atoms. The SMILES string of the molecule is CC(C(=O)OCC([NH])=O)c1ccc2c(c1)C(=C1CCN(C)CC1)c1sccc1CO2. The molecule has 1 saturated heterocycles. The van der Waals surface area contributed by atoms with Crippen molar-refractivity contribution < 1.29 is 19.1 Å². The van der Waals surface area contributed by atoms with Crippen LogP contribution in [-0.2, 0) is 20.9 Å². The number of rotatable bonds is 4. The lowest BCUT2D eigenvalue weighted by molar-refractivity contribution is -0.149. The number of thiophene rings is 1. The molecule has 1 fully saturated rings. The summed E-state index contributed by atoms with van der Waals surface area (Å²) < 4.78 is 11.1. The molecule has 1 atom stereocenters. The van der Waals surface area contributed by atoms with Gasteiger partial charge in [-0.1, -0.05) is 11.6 Å². The number of benzene rings is 1. The molecular weight excluding hydrogens is 400 g/mol. The molecule has 157 valence electrons. The number of amides is 1. The Morgan fingerprint density at radius 2 is 2.03 bits per heavy atom. The number of piperidine rings is 1. The number of nitrogens with zero attached hydrogens (tertiary/aromatic N) is 1. The van der Waals surface area contributed by atoms with Crippen molar-refractivity contribution in [3.8, 4) is 5.75 Å². The Kier molecular flexibility index (Phi) is 5.92. The van der Waals surface area contributed by atoms with Crippen molar-refractivity contribution in [3.63, 3.8) is 0 Å². The summed E-state index contributed by atoms with van der Waals surface area (Å²) in [5.74, 6) is -1.13. The summed E-state index contributed by atoms with van der Waals surface area (Å²) in [4.78, 5) is 26.8. The van der Waals surface area contributed by atoms with Crippen LogP contribution < -0.4 is 10.5 Å². The zero-order chi connectivity index (χ0) is 21.3. The van der Waals surface area contributed by atoms with Crippen molar-refractivity contribution in [2.24, 2.45) is 0 Å². The lowest BCUT2D eigenvalue weighted by Gasteiger charge is -2.27. The van der Waals surface area contributed by atoms with Crippen LogP contribution in [0.4, 0.5) is 0 Å². The molecule has 1 aromatic carbocycles. The van der Waals surface area contributed by atoms with E-state index in [1.165, 1.54) is 21.6 Å². The molecule has 1 N–H and O–H groups in total. The summed E-state index contributed by atoms with van der Waals surface area (Å²) in [5.41, 5.74) is 12.6. The maximum absolute atomic E-state index is 12.4. The van der Waals surface area contributed by atoms with Gasteiger partial charge >= 0.3 is 5.97 Å². The van der Waals surface area contributed by atoms with Gasteiger partial charge in [0.05, 0.1) is 5.92 Å². The molecule has 3 heterocycles. The highest BCUT2D eigenvalue weighted by molar-refractivity contribution is 7.11. The highest BCUT2D eigenvalue weighted by Crippen LogP contribution is 2.44. The lowest BCUT2D eigenvalue weighted by Crippen LogP contribution is -2.26. The van der Waals surface area contributed by atoms with E-state index in [1.54, 1.807) is 18.3 Å². The third-order valence-corrected chi connectivity index (χ3v) is 6.75. The Hall–Kier alpha value is -2.64. The predicted molar refractivity (Wildman–Crippen MR) is 115 cm³/mol. The van der Waals surface area contributed by atoms with Crippen molar-refractivity contribution in [1.29, 1.82) is 0 Å². The van der Waals surface area contributed by atoms with Crippen LogP contribution in [0.15, 0.2) is 35.2 Å². The molecule has 0 spiro atoms. The molecule has 1 radical (unpaired) electrons. The van der Waals surface area contributed by atoms with Gasteiger partial charge in [0.2, 0.25) is 0 Å². The maximum atomic E-state index is 12.4. The summed E-state index contributed by atoms with van der Waals surface area (Å²) in [6.07, 6.45) is 2.02. The summed E-state index contributed by atoms with van der Waals surface area (Å²) in [6.45, 7) is 3.83. The van der Waals surface area contributed by atoms with Crippen molar-refractivity contribution in [1.82, 2.24) is 10.6 Å². The van der Waals surface area contributed by atoms with Crippen LogP contribution in [0.25, 0.3) is 5.57 Å². The molecule has 6 nitrogen and oxygen atoms in total. The average Bonchev–Trinajstić information content (AvgIpc) is 3.14. The lowest BCUT2D eigenvalue weighted by atomic mass is 9.88. The smallest absolute Gasteiger partial charge is 0.313 e. The highest BCUT2D eigenvalue weighted by Gasteiger charge is 2.27. The zero-order valence-corrected chi connectivity index (χ0v) is 18.0. The minimum absolute atomic E-state index is 0.504. The topological polar surface area (TPSA) is 79.6 Å². The average molecular weight is 426 g/mol. The molecule has 2 aliphatic rings. The van der Waals surface area contributed by atoms with E-state index in [4.69, 9.17) is 15.2 Å². The van der Waals surface area contributed by atoms with E-state index in [0.717, 1.165) is 42.8 Å². The fourth-order valence-electron chi connectivity index (χ4n) is 3.97. The Labute approximate surface area is 180 Å². The zero-order valence-electron chi connectivity index (χ0n) is 17.2. The van der Waals surface area contributed by atoms with Gasteiger partial charge in [0.25, 0.3) is 5.91 Å². The first-order valence-corrected chi connectivity index (χ1v) is 11.0. The van der Waals surface area contributed by atoms with Crippen LogP contribution >= 0.6 is 11.3 Å². The molecule has 0 bridgehead atoms. The Morgan fingerprint density at radius 1 is 1.27 bits per heavy atom. The normalized spacial score (nSPS) is 17.4. The summed E-state index contributed by atoms with van der Waals surface area (Å²) in [7, 11) is 2.15. The molecule has 7 heteroatoms. The van der Waals surface area contributed by atoms with Crippen molar-refractivity contribution >= 4 is 28.8 Å². The molecule has 1 amide bonds. The molecule has 2 aromatic rings. The van der Waals surface area contributed by atoms with E-state index in [0.29, 0.717) is 6.61 Å². The Bertz CT molecular complexity index is 1000. The molecule has 1 aromatic heterocycles. The number of carbonyl (C=O) groups is 2. The number of nitrogens with one attached hydrogen (secondary N) is 1. The number of likely N-dealkylation sites (tertiary alicyclic amines) is 1. The number of hydrogen-bond acceptors (Lipinski definition) is 6. The second-order valence-electron chi connectivity index (χ2n) is 7.85. The van der Waals surface area contributed by atoms with Gasteiger partial charge in [0, 0.05) is 34.7 Å². The Morgan fingerprint density at radius 3 is 2.77 bits per heavy atom. The van der Waals surface area contributed by atoms with Crippen LogP contribution in [0.5, 0.6) is 5.75 Å². The maximum Gasteiger partial charge on any atom is 0.313 e. The van der Waals surface area contributed by atoms with E-state index < -0.39 is 24.4 Å². The highest BCUT2D eigenvalue weighted by atomic mass is 32.1.